The standard InChI is InChI=1S/C15H20N8O5/c1-16-13-9-14(19-12(18-13)7-4-22(2-3-24)21-20-7)23(6-17-9)15-11(27)10(26)8(5-25)28-15/h4,6,8,10-11,15,24-27H,2-3,5H2,1H3,(H,16,18,19)/t8-,10-,11-,15-/m1/s1. The quantitative estimate of drug-likeness (QED) is 0.306. The van der Waals surface area contributed by atoms with Gasteiger partial charge >= 0.3 is 0 Å². The highest BCUT2D eigenvalue weighted by atomic mass is 16.6. The Morgan fingerprint density at radius 3 is 2.71 bits per heavy atom. The molecule has 1 saturated heterocycles. The Bertz CT molecular complexity index is 975. The fourth-order valence-corrected chi connectivity index (χ4v) is 3.11. The number of hydrogen-bond acceptors (Lipinski definition) is 11. The SMILES string of the molecule is CNc1nc(-c2cn(CCO)nn2)nc2c1ncn2[C@@H]1O[C@H](CO)[C@@H](O)[C@H]1O. The molecule has 0 aromatic carbocycles. The first-order chi connectivity index (χ1) is 13.6. The lowest BCUT2D eigenvalue weighted by Crippen LogP contribution is -2.33. The van der Waals surface area contributed by atoms with Crippen LogP contribution in [-0.2, 0) is 11.3 Å². The number of nitrogens with zero attached hydrogens (tertiary/aromatic N) is 7. The number of hydrogen-bond donors (Lipinski definition) is 5. The zero-order valence-electron chi connectivity index (χ0n) is 14.9. The lowest BCUT2D eigenvalue weighted by molar-refractivity contribution is -0.0511. The van der Waals surface area contributed by atoms with Gasteiger partial charge < -0.3 is 30.5 Å². The Labute approximate surface area is 158 Å². The van der Waals surface area contributed by atoms with Gasteiger partial charge in [0.1, 0.15) is 24.0 Å². The van der Waals surface area contributed by atoms with Gasteiger partial charge in [-0.15, -0.1) is 5.10 Å². The topological polar surface area (TPSA) is 176 Å². The summed E-state index contributed by atoms with van der Waals surface area (Å²) in [5.41, 5.74) is 1.17. The van der Waals surface area contributed by atoms with E-state index in [4.69, 9.17) is 9.84 Å². The van der Waals surface area contributed by atoms with Crippen LogP contribution in [0.15, 0.2) is 12.5 Å². The van der Waals surface area contributed by atoms with Crippen LogP contribution in [0.4, 0.5) is 5.82 Å². The molecule has 1 aliphatic rings. The normalized spacial score (nSPS) is 24.9. The van der Waals surface area contributed by atoms with Crippen LogP contribution in [0.1, 0.15) is 6.23 Å². The molecular formula is C15H20N8O5. The molecule has 0 saturated carbocycles. The van der Waals surface area contributed by atoms with Crippen LogP contribution < -0.4 is 5.32 Å². The van der Waals surface area contributed by atoms with Crippen LogP contribution in [0.2, 0.25) is 0 Å². The first kappa shape index (κ1) is 18.6. The highest BCUT2D eigenvalue weighted by molar-refractivity contribution is 5.84. The van der Waals surface area contributed by atoms with Crippen molar-refractivity contribution >= 4 is 17.0 Å². The average molecular weight is 392 g/mol. The van der Waals surface area contributed by atoms with Crippen molar-refractivity contribution in [3.8, 4) is 11.5 Å². The third-order valence-electron chi connectivity index (χ3n) is 4.55. The van der Waals surface area contributed by atoms with Gasteiger partial charge in [0.05, 0.1) is 32.3 Å². The fraction of sp³-hybridized carbons (Fsp3) is 0.533. The number of aliphatic hydroxyl groups excluding tert-OH is 4. The van der Waals surface area contributed by atoms with Gasteiger partial charge in [-0.2, -0.15) is 0 Å². The van der Waals surface area contributed by atoms with Crippen LogP contribution >= 0.6 is 0 Å². The number of fused-ring (bicyclic) bond motifs is 1. The third-order valence-corrected chi connectivity index (χ3v) is 4.55. The highest BCUT2D eigenvalue weighted by Gasteiger charge is 2.44. The summed E-state index contributed by atoms with van der Waals surface area (Å²) in [4.78, 5) is 13.2. The molecule has 0 radical (unpaired) electrons. The van der Waals surface area contributed by atoms with Crippen molar-refractivity contribution in [2.24, 2.45) is 0 Å². The minimum absolute atomic E-state index is 0.0809. The van der Waals surface area contributed by atoms with Crippen molar-refractivity contribution in [2.75, 3.05) is 25.6 Å². The molecule has 0 unspecified atom stereocenters. The van der Waals surface area contributed by atoms with E-state index in [1.807, 2.05) is 0 Å². The molecule has 0 amide bonds. The first-order valence-electron chi connectivity index (χ1n) is 8.63. The molecule has 5 N–H and O–H groups in total. The molecule has 1 aliphatic heterocycles. The zero-order chi connectivity index (χ0) is 19.8. The van der Waals surface area contributed by atoms with E-state index in [-0.39, 0.29) is 19.0 Å². The summed E-state index contributed by atoms with van der Waals surface area (Å²) < 4.78 is 8.51. The molecule has 150 valence electrons. The minimum Gasteiger partial charge on any atom is -0.394 e. The van der Waals surface area contributed by atoms with Gasteiger partial charge in [-0.05, 0) is 0 Å². The van der Waals surface area contributed by atoms with Gasteiger partial charge in [0.2, 0.25) is 0 Å². The number of aliphatic hydroxyl groups is 4. The number of aromatic nitrogens is 7. The summed E-state index contributed by atoms with van der Waals surface area (Å²) in [5, 5.41) is 49.6. The van der Waals surface area contributed by atoms with Crippen molar-refractivity contribution in [2.45, 2.75) is 31.1 Å². The van der Waals surface area contributed by atoms with Crippen LogP contribution in [0.5, 0.6) is 0 Å². The van der Waals surface area contributed by atoms with E-state index in [0.29, 0.717) is 22.7 Å². The van der Waals surface area contributed by atoms with Crippen molar-refractivity contribution in [3.63, 3.8) is 0 Å². The van der Waals surface area contributed by atoms with E-state index in [9.17, 15) is 15.3 Å². The monoisotopic (exact) mass is 392 g/mol. The summed E-state index contributed by atoms with van der Waals surface area (Å²) in [6.07, 6.45) is -1.38. The second-order valence-corrected chi connectivity index (χ2v) is 6.29. The van der Waals surface area contributed by atoms with Gasteiger partial charge in [-0.25, -0.2) is 19.6 Å². The van der Waals surface area contributed by atoms with Gasteiger partial charge in [0.15, 0.2) is 29.0 Å². The Morgan fingerprint density at radius 2 is 2.04 bits per heavy atom. The predicted octanol–water partition coefficient (Wildman–Crippen LogP) is -2.27. The van der Waals surface area contributed by atoms with E-state index in [0.717, 1.165) is 0 Å². The van der Waals surface area contributed by atoms with Gasteiger partial charge in [-0.1, -0.05) is 5.21 Å². The summed E-state index contributed by atoms with van der Waals surface area (Å²) in [5.74, 6) is 0.691. The smallest absolute Gasteiger partial charge is 0.185 e. The second-order valence-electron chi connectivity index (χ2n) is 6.29. The van der Waals surface area contributed by atoms with Crippen molar-refractivity contribution < 1.29 is 25.2 Å². The lowest BCUT2D eigenvalue weighted by Gasteiger charge is -2.16. The van der Waals surface area contributed by atoms with Crippen LogP contribution in [0, 0.1) is 0 Å². The third kappa shape index (κ3) is 2.98. The van der Waals surface area contributed by atoms with E-state index in [1.165, 1.54) is 15.6 Å². The molecule has 0 aliphatic carbocycles. The van der Waals surface area contributed by atoms with Crippen molar-refractivity contribution in [1.82, 2.24) is 34.5 Å². The molecule has 13 nitrogen and oxygen atoms in total. The molecular weight excluding hydrogens is 372 g/mol. The molecule has 0 bridgehead atoms. The van der Waals surface area contributed by atoms with Crippen molar-refractivity contribution in [3.05, 3.63) is 12.5 Å². The lowest BCUT2D eigenvalue weighted by atomic mass is 10.1. The maximum Gasteiger partial charge on any atom is 0.185 e. The molecule has 4 heterocycles. The fourth-order valence-electron chi connectivity index (χ4n) is 3.11. The maximum atomic E-state index is 10.3. The number of imidazole rings is 1. The molecule has 3 aromatic rings. The van der Waals surface area contributed by atoms with Gasteiger partial charge in [0.25, 0.3) is 0 Å². The predicted molar refractivity (Wildman–Crippen MR) is 94.0 cm³/mol. The second kappa shape index (κ2) is 7.37. The number of rotatable bonds is 6. The Kier molecular flexibility index (Phi) is 4.91. The molecule has 4 atom stereocenters. The number of nitrogens with one attached hydrogen (secondary N) is 1. The molecule has 4 rings (SSSR count). The average Bonchev–Trinajstić information content (AvgIpc) is 3.40. The van der Waals surface area contributed by atoms with Crippen LogP contribution in [-0.4, -0.2) is 93.5 Å². The van der Waals surface area contributed by atoms with Crippen LogP contribution in [0.3, 0.4) is 0 Å². The minimum atomic E-state index is -1.27. The van der Waals surface area contributed by atoms with Crippen molar-refractivity contribution in [1.29, 1.82) is 0 Å². The maximum absolute atomic E-state index is 10.3. The highest BCUT2D eigenvalue weighted by Crippen LogP contribution is 2.33. The largest absolute Gasteiger partial charge is 0.394 e. The summed E-state index contributed by atoms with van der Waals surface area (Å²) in [6.45, 7) is -0.228. The Morgan fingerprint density at radius 1 is 1.21 bits per heavy atom. The Hall–Kier alpha value is -2.71. The number of ether oxygens (including phenoxy) is 1. The van der Waals surface area contributed by atoms with Crippen LogP contribution in [0.25, 0.3) is 22.7 Å². The Balaban J connectivity index is 1.79. The molecule has 13 heteroatoms. The van der Waals surface area contributed by atoms with E-state index >= 15 is 0 Å². The number of anilines is 1. The molecule has 3 aromatic heterocycles. The molecule has 0 spiro atoms. The first-order valence-corrected chi connectivity index (χ1v) is 8.63. The molecule has 1 fully saturated rings. The van der Waals surface area contributed by atoms with Gasteiger partial charge in [0, 0.05) is 7.05 Å². The summed E-state index contributed by atoms with van der Waals surface area (Å²) >= 11 is 0. The van der Waals surface area contributed by atoms with E-state index in [2.05, 4.69) is 30.6 Å². The molecule has 28 heavy (non-hydrogen) atoms. The zero-order valence-corrected chi connectivity index (χ0v) is 14.9. The summed E-state index contributed by atoms with van der Waals surface area (Å²) in [7, 11) is 1.68. The van der Waals surface area contributed by atoms with E-state index in [1.54, 1.807) is 13.2 Å². The van der Waals surface area contributed by atoms with Gasteiger partial charge in [-0.3, -0.25) is 4.57 Å². The van der Waals surface area contributed by atoms with E-state index < -0.39 is 31.1 Å². The summed E-state index contributed by atoms with van der Waals surface area (Å²) in [6, 6.07) is 0.